The lowest BCUT2D eigenvalue weighted by molar-refractivity contribution is -0.0498. The van der Waals surface area contributed by atoms with Crippen LogP contribution in [0.4, 0.5) is 8.78 Å². The molecule has 1 atom stereocenters. The van der Waals surface area contributed by atoms with Crippen molar-refractivity contribution in [2.24, 2.45) is 4.99 Å². The van der Waals surface area contributed by atoms with E-state index in [0.717, 1.165) is 48.7 Å². The van der Waals surface area contributed by atoms with Crippen LogP contribution in [0.15, 0.2) is 47.5 Å². The molecule has 2 N–H and O–H groups in total. The fraction of sp³-hybridized carbons (Fsp3) is 0.435. The maximum atomic E-state index is 12.4. The molecule has 1 fully saturated rings. The van der Waals surface area contributed by atoms with Gasteiger partial charge < -0.3 is 24.8 Å². The number of ether oxygens (including phenoxy) is 3. The SMILES string of the molecule is CN=C(NCc1cccc(OC(F)F)c1)NC1CCN(Cc2cc(OC)cc(OC)c2)C1.I. The molecule has 2 aromatic carbocycles. The van der Waals surface area contributed by atoms with E-state index in [4.69, 9.17) is 9.47 Å². The number of rotatable bonds is 9. The van der Waals surface area contributed by atoms with Crippen molar-refractivity contribution in [2.45, 2.75) is 32.2 Å². The third-order valence-electron chi connectivity index (χ3n) is 5.24. The summed E-state index contributed by atoms with van der Waals surface area (Å²) < 4.78 is 40.0. The summed E-state index contributed by atoms with van der Waals surface area (Å²) in [6, 6.07) is 12.8. The standard InChI is InChI=1S/C23H30F2N4O3.HI/c1-26-23(27-13-16-5-4-6-19(9-16)32-22(24)25)28-18-7-8-29(15-18)14-17-10-20(30-2)12-21(11-17)31-3;/h4-6,9-12,18,22H,7-8,13-15H2,1-3H3,(H2,26,27,28);1H. The van der Waals surface area contributed by atoms with Crippen molar-refractivity contribution in [3.05, 3.63) is 53.6 Å². The summed E-state index contributed by atoms with van der Waals surface area (Å²) in [5.41, 5.74) is 1.96. The highest BCUT2D eigenvalue weighted by molar-refractivity contribution is 14.0. The molecule has 0 aromatic heterocycles. The van der Waals surface area contributed by atoms with Gasteiger partial charge in [-0.3, -0.25) is 9.89 Å². The van der Waals surface area contributed by atoms with E-state index >= 15 is 0 Å². The molecule has 0 bridgehead atoms. The molecule has 0 amide bonds. The molecule has 1 aliphatic heterocycles. The summed E-state index contributed by atoms with van der Waals surface area (Å²) in [6.45, 7) is 0.240. The van der Waals surface area contributed by atoms with Gasteiger partial charge in [0.05, 0.1) is 14.2 Å². The molecule has 182 valence electrons. The molecule has 0 spiro atoms. The Morgan fingerprint density at radius 3 is 2.42 bits per heavy atom. The highest BCUT2D eigenvalue weighted by Gasteiger charge is 2.23. The van der Waals surface area contributed by atoms with Crippen LogP contribution in [0.5, 0.6) is 17.2 Å². The molecule has 10 heteroatoms. The van der Waals surface area contributed by atoms with Crippen molar-refractivity contribution < 1.29 is 23.0 Å². The van der Waals surface area contributed by atoms with Gasteiger partial charge in [0.15, 0.2) is 5.96 Å². The molecule has 3 rings (SSSR count). The van der Waals surface area contributed by atoms with Crippen LogP contribution in [0.1, 0.15) is 17.5 Å². The molecular weight excluding hydrogens is 545 g/mol. The van der Waals surface area contributed by atoms with Crippen molar-refractivity contribution in [3.8, 4) is 17.2 Å². The Balaban J connectivity index is 0.00000385. The number of hydrogen-bond donors (Lipinski definition) is 2. The highest BCUT2D eigenvalue weighted by Crippen LogP contribution is 2.24. The first-order valence-corrected chi connectivity index (χ1v) is 10.4. The molecule has 2 aromatic rings. The van der Waals surface area contributed by atoms with Crippen LogP contribution in [-0.4, -0.2) is 57.9 Å². The number of alkyl halides is 2. The van der Waals surface area contributed by atoms with Gasteiger partial charge in [-0.1, -0.05) is 12.1 Å². The molecule has 0 radical (unpaired) electrons. The van der Waals surface area contributed by atoms with Crippen LogP contribution >= 0.6 is 24.0 Å². The Labute approximate surface area is 210 Å². The van der Waals surface area contributed by atoms with Crippen molar-refractivity contribution in [2.75, 3.05) is 34.4 Å². The zero-order chi connectivity index (χ0) is 22.9. The van der Waals surface area contributed by atoms with Crippen LogP contribution in [0.25, 0.3) is 0 Å². The Kier molecular flexibility index (Phi) is 10.9. The number of benzene rings is 2. The molecule has 1 saturated heterocycles. The van der Waals surface area contributed by atoms with Crippen LogP contribution in [0.3, 0.4) is 0 Å². The van der Waals surface area contributed by atoms with Gasteiger partial charge in [-0.2, -0.15) is 8.78 Å². The van der Waals surface area contributed by atoms with Crippen LogP contribution in [-0.2, 0) is 13.1 Å². The van der Waals surface area contributed by atoms with E-state index in [1.807, 2.05) is 24.3 Å². The molecule has 1 unspecified atom stereocenters. The van der Waals surface area contributed by atoms with Gasteiger partial charge in [0.2, 0.25) is 0 Å². The van der Waals surface area contributed by atoms with Crippen molar-refractivity contribution in [1.82, 2.24) is 15.5 Å². The minimum absolute atomic E-state index is 0. The summed E-state index contributed by atoms with van der Waals surface area (Å²) in [5.74, 6) is 2.37. The average molecular weight is 576 g/mol. The summed E-state index contributed by atoms with van der Waals surface area (Å²) in [6.07, 6.45) is 0.986. The van der Waals surface area contributed by atoms with Crippen LogP contribution < -0.4 is 24.8 Å². The van der Waals surface area contributed by atoms with Gasteiger partial charge in [0.1, 0.15) is 17.2 Å². The summed E-state index contributed by atoms with van der Waals surface area (Å²) in [5, 5.41) is 6.67. The van der Waals surface area contributed by atoms with Crippen molar-refractivity contribution in [1.29, 1.82) is 0 Å². The number of methoxy groups -OCH3 is 2. The first-order chi connectivity index (χ1) is 15.5. The monoisotopic (exact) mass is 576 g/mol. The molecule has 0 aliphatic carbocycles. The molecular formula is C23H31F2IN4O3. The predicted octanol–water partition coefficient (Wildman–Crippen LogP) is 3.86. The minimum atomic E-state index is -2.84. The quantitative estimate of drug-likeness (QED) is 0.269. The third kappa shape index (κ3) is 8.50. The average Bonchev–Trinajstić information content (AvgIpc) is 3.22. The maximum absolute atomic E-state index is 12.4. The van der Waals surface area contributed by atoms with E-state index in [9.17, 15) is 8.78 Å². The van der Waals surface area contributed by atoms with Gasteiger partial charge in [0, 0.05) is 45.3 Å². The number of guanidine groups is 1. The molecule has 0 saturated carbocycles. The number of hydrogen-bond acceptors (Lipinski definition) is 5. The molecule has 33 heavy (non-hydrogen) atoms. The Hall–Kier alpha value is -2.34. The second-order valence-electron chi connectivity index (χ2n) is 7.54. The van der Waals surface area contributed by atoms with Gasteiger partial charge in [-0.25, -0.2) is 0 Å². The highest BCUT2D eigenvalue weighted by atomic mass is 127. The molecule has 7 nitrogen and oxygen atoms in total. The summed E-state index contributed by atoms with van der Waals surface area (Å²) >= 11 is 0. The van der Waals surface area contributed by atoms with E-state index in [0.29, 0.717) is 12.5 Å². The third-order valence-corrected chi connectivity index (χ3v) is 5.24. The lowest BCUT2D eigenvalue weighted by Crippen LogP contribution is -2.44. The van der Waals surface area contributed by atoms with Gasteiger partial charge >= 0.3 is 6.61 Å². The fourth-order valence-electron chi connectivity index (χ4n) is 3.72. The lowest BCUT2D eigenvalue weighted by Gasteiger charge is -2.19. The fourth-order valence-corrected chi connectivity index (χ4v) is 3.72. The Morgan fingerprint density at radius 1 is 1.09 bits per heavy atom. The molecule has 1 aliphatic rings. The zero-order valence-corrected chi connectivity index (χ0v) is 21.3. The number of halogens is 3. The van der Waals surface area contributed by atoms with E-state index in [1.165, 1.54) is 6.07 Å². The maximum Gasteiger partial charge on any atom is 0.387 e. The van der Waals surface area contributed by atoms with E-state index in [2.05, 4.69) is 25.3 Å². The van der Waals surface area contributed by atoms with Gasteiger partial charge in [0.25, 0.3) is 0 Å². The minimum Gasteiger partial charge on any atom is -0.497 e. The topological polar surface area (TPSA) is 67.4 Å². The number of nitrogens with zero attached hydrogens (tertiary/aromatic N) is 2. The van der Waals surface area contributed by atoms with E-state index in [1.54, 1.807) is 33.4 Å². The van der Waals surface area contributed by atoms with Crippen LogP contribution in [0, 0.1) is 0 Å². The van der Waals surface area contributed by atoms with Crippen molar-refractivity contribution >= 4 is 29.9 Å². The summed E-state index contributed by atoms with van der Waals surface area (Å²) in [7, 11) is 5.00. The normalized spacial score (nSPS) is 16.3. The largest absolute Gasteiger partial charge is 0.497 e. The zero-order valence-electron chi connectivity index (χ0n) is 19.0. The first kappa shape index (κ1) is 26.9. The first-order valence-electron chi connectivity index (χ1n) is 10.4. The van der Waals surface area contributed by atoms with Crippen molar-refractivity contribution in [3.63, 3.8) is 0 Å². The van der Waals surface area contributed by atoms with Gasteiger partial charge in [-0.05, 0) is 41.8 Å². The predicted molar refractivity (Wildman–Crippen MR) is 135 cm³/mol. The van der Waals surface area contributed by atoms with E-state index in [-0.39, 0.29) is 35.8 Å². The second-order valence-corrected chi connectivity index (χ2v) is 7.54. The number of likely N-dealkylation sites (tertiary alicyclic amines) is 1. The molecule has 1 heterocycles. The van der Waals surface area contributed by atoms with E-state index < -0.39 is 6.61 Å². The second kappa shape index (κ2) is 13.4. The summed E-state index contributed by atoms with van der Waals surface area (Å²) in [4.78, 5) is 6.65. The smallest absolute Gasteiger partial charge is 0.387 e. The number of nitrogens with one attached hydrogen (secondary N) is 2. The Morgan fingerprint density at radius 2 is 1.79 bits per heavy atom. The number of aliphatic imine (C=N–C) groups is 1. The lowest BCUT2D eigenvalue weighted by atomic mass is 10.2. The van der Waals surface area contributed by atoms with Gasteiger partial charge in [-0.15, -0.1) is 24.0 Å². The Bertz CT molecular complexity index is 895. The van der Waals surface area contributed by atoms with Crippen LogP contribution in [0.2, 0.25) is 0 Å².